The second kappa shape index (κ2) is 25.4. The minimum Gasteiger partial charge on any atom is -0.0859 e. The van der Waals surface area contributed by atoms with Gasteiger partial charge in [0.1, 0.15) is 0 Å². The molecule has 212 valence electrons. The highest BCUT2D eigenvalue weighted by Crippen LogP contribution is 2.16. The molecule has 0 rings (SSSR count). The number of rotatable bonds is 13. The summed E-state index contributed by atoms with van der Waals surface area (Å²) in [4.78, 5) is 0. The normalized spacial score (nSPS) is 12.4. The molecule has 0 fully saturated rings. The maximum Gasteiger partial charge on any atom is -0.0288 e. The van der Waals surface area contributed by atoms with Crippen molar-refractivity contribution in [3.05, 3.63) is 58.2 Å². The lowest BCUT2D eigenvalue weighted by Gasteiger charge is -2.12. The van der Waals surface area contributed by atoms with Gasteiger partial charge in [-0.3, -0.25) is 0 Å². The molecule has 1 atom stereocenters. The van der Waals surface area contributed by atoms with E-state index in [1.54, 1.807) is 0 Å². The van der Waals surface area contributed by atoms with Gasteiger partial charge in [-0.15, -0.1) is 0 Å². The molecule has 0 N–H and O–H groups in total. The maximum atomic E-state index is 2.36. The first-order chi connectivity index (χ1) is 16.6. The smallest absolute Gasteiger partial charge is 0.0288 e. The predicted octanol–water partition coefficient (Wildman–Crippen LogP) is 13.1. The molecule has 36 heavy (non-hydrogen) atoms. The average Bonchev–Trinajstić information content (AvgIpc) is 2.66. The molecule has 0 aromatic rings. The first-order valence-electron chi connectivity index (χ1n) is 14.8. The summed E-state index contributed by atoms with van der Waals surface area (Å²) in [6, 6.07) is 0. The number of hydrogen-bond acceptors (Lipinski definition) is 0. The molecule has 0 nitrogen and oxygen atoms in total. The summed E-state index contributed by atoms with van der Waals surface area (Å²) in [5.41, 5.74) is 7.33. The van der Waals surface area contributed by atoms with E-state index in [1.807, 2.05) is 0 Å². The van der Waals surface area contributed by atoms with Crippen molar-refractivity contribution in [2.75, 3.05) is 0 Å². The quantitative estimate of drug-likeness (QED) is 0.220. The van der Waals surface area contributed by atoms with Gasteiger partial charge in [-0.05, 0) is 124 Å². The van der Waals surface area contributed by atoms with Crippen LogP contribution in [0.3, 0.4) is 0 Å². The summed E-state index contributed by atoms with van der Waals surface area (Å²) in [6.45, 7) is 33.3. The fourth-order valence-corrected chi connectivity index (χ4v) is 4.06. The van der Waals surface area contributed by atoms with E-state index in [0.29, 0.717) is 11.8 Å². The van der Waals surface area contributed by atoms with Crippen molar-refractivity contribution >= 4 is 0 Å². The second-order valence-corrected chi connectivity index (χ2v) is 12.7. The van der Waals surface area contributed by atoms with Crippen molar-refractivity contribution in [2.24, 2.45) is 23.7 Å². The monoisotopic (exact) mass is 501 g/mol. The Morgan fingerprint density at radius 1 is 0.500 bits per heavy atom. The fourth-order valence-electron chi connectivity index (χ4n) is 4.06. The molecular formula is C36H68. The molecule has 0 aromatic heterocycles. The highest BCUT2D eigenvalue weighted by atomic mass is 14.1. The van der Waals surface area contributed by atoms with Gasteiger partial charge in [-0.25, -0.2) is 0 Å². The molecule has 0 aliphatic rings. The third-order valence-corrected chi connectivity index (χ3v) is 5.50. The molecule has 0 bridgehead atoms. The second-order valence-electron chi connectivity index (χ2n) is 12.7. The van der Waals surface area contributed by atoms with Crippen LogP contribution in [0.5, 0.6) is 0 Å². The zero-order chi connectivity index (χ0) is 28.7. The summed E-state index contributed by atoms with van der Waals surface area (Å²) in [5, 5.41) is 0. The Bertz CT molecular complexity index is 604. The van der Waals surface area contributed by atoms with Crippen LogP contribution >= 0.6 is 0 Å². The van der Waals surface area contributed by atoms with E-state index < -0.39 is 0 Å². The topological polar surface area (TPSA) is 0 Å². The number of allylic oxidation sites excluding steroid dienone is 10. The Kier molecular flexibility index (Phi) is 27.6. The summed E-state index contributed by atoms with van der Waals surface area (Å²) in [7, 11) is 0. The van der Waals surface area contributed by atoms with Gasteiger partial charge in [0.15, 0.2) is 0 Å². The first-order valence-corrected chi connectivity index (χ1v) is 14.8. The average molecular weight is 501 g/mol. The van der Waals surface area contributed by atoms with Gasteiger partial charge in [0.25, 0.3) is 0 Å². The van der Waals surface area contributed by atoms with Crippen LogP contribution in [0.4, 0.5) is 0 Å². The van der Waals surface area contributed by atoms with Crippen LogP contribution in [0.15, 0.2) is 58.2 Å². The third kappa shape index (κ3) is 39.9. The predicted molar refractivity (Wildman–Crippen MR) is 172 cm³/mol. The van der Waals surface area contributed by atoms with Gasteiger partial charge in [0.2, 0.25) is 0 Å². The zero-order valence-corrected chi connectivity index (χ0v) is 27.6. The first kappa shape index (κ1) is 39.2. The Hall–Kier alpha value is -1.30. The van der Waals surface area contributed by atoms with Crippen molar-refractivity contribution in [3.8, 4) is 0 Å². The molecule has 1 unspecified atom stereocenters. The van der Waals surface area contributed by atoms with Crippen LogP contribution in [0, 0.1) is 23.7 Å². The van der Waals surface area contributed by atoms with Crippen LogP contribution < -0.4 is 0 Å². The highest BCUT2D eigenvalue weighted by Gasteiger charge is 2.03. The standard InChI is InChI=1S/C12H24.2C12H22/c3*1-10(2)7-6-8-12(5)9-11(3)4/h7,11-12H,6,8-9H2,1-5H3;2*7,9,11H,6,8H2,1-5H3/b;12-9+;12-9-. The minimum atomic E-state index is 0.691. The minimum absolute atomic E-state index is 0.691. The van der Waals surface area contributed by atoms with E-state index in [-0.39, 0.29) is 0 Å². The Balaban J connectivity index is -0.000000454. The van der Waals surface area contributed by atoms with Gasteiger partial charge in [-0.2, -0.15) is 0 Å². The van der Waals surface area contributed by atoms with E-state index in [9.17, 15) is 0 Å². The third-order valence-electron chi connectivity index (χ3n) is 5.50. The molecule has 0 heterocycles. The van der Waals surface area contributed by atoms with Crippen molar-refractivity contribution in [1.82, 2.24) is 0 Å². The van der Waals surface area contributed by atoms with Crippen LogP contribution in [0.1, 0.15) is 149 Å². The molecule has 0 aliphatic heterocycles. The van der Waals surface area contributed by atoms with Crippen LogP contribution in [0.2, 0.25) is 0 Å². The Morgan fingerprint density at radius 2 is 0.833 bits per heavy atom. The van der Waals surface area contributed by atoms with Gasteiger partial charge >= 0.3 is 0 Å². The van der Waals surface area contributed by atoms with Crippen molar-refractivity contribution in [2.45, 2.75) is 149 Å². The van der Waals surface area contributed by atoms with E-state index >= 15 is 0 Å². The SMILES string of the molecule is CC(C)=CCC/C(C)=C/C(C)C.CC(C)=CCC/C(C)=C\C(C)C.CC(C)=CCCC(C)CC(C)C. The molecule has 0 aliphatic carbocycles. The van der Waals surface area contributed by atoms with Gasteiger partial charge in [0, 0.05) is 0 Å². The summed E-state index contributed by atoms with van der Waals surface area (Å²) in [5.74, 6) is 3.13. The molecule has 0 spiro atoms. The molecule has 0 saturated carbocycles. The van der Waals surface area contributed by atoms with Crippen molar-refractivity contribution in [3.63, 3.8) is 0 Å². The van der Waals surface area contributed by atoms with Gasteiger partial charge in [0.05, 0.1) is 0 Å². The van der Waals surface area contributed by atoms with Crippen molar-refractivity contribution < 1.29 is 0 Å². The van der Waals surface area contributed by atoms with E-state index in [2.05, 4.69) is 134 Å². The van der Waals surface area contributed by atoms with Gasteiger partial charge in [-0.1, -0.05) is 107 Å². The van der Waals surface area contributed by atoms with Crippen LogP contribution in [-0.2, 0) is 0 Å². The molecule has 0 heteroatoms. The van der Waals surface area contributed by atoms with Crippen LogP contribution in [-0.4, -0.2) is 0 Å². The fraction of sp³-hybridized carbons (Fsp3) is 0.722. The van der Waals surface area contributed by atoms with E-state index in [1.165, 1.54) is 72.8 Å². The molecule has 0 amide bonds. The lowest BCUT2D eigenvalue weighted by atomic mass is 9.94. The summed E-state index contributed by atoms with van der Waals surface area (Å²) >= 11 is 0. The largest absolute Gasteiger partial charge is 0.0859 e. The Morgan fingerprint density at radius 3 is 1.11 bits per heavy atom. The molecular weight excluding hydrogens is 432 g/mol. The maximum absolute atomic E-state index is 2.36. The molecule has 0 saturated heterocycles. The summed E-state index contributed by atoms with van der Waals surface area (Å²) < 4.78 is 0. The zero-order valence-electron chi connectivity index (χ0n) is 27.6. The molecule has 0 radical (unpaired) electrons. The highest BCUT2D eigenvalue weighted by molar-refractivity contribution is 5.04. The van der Waals surface area contributed by atoms with E-state index in [0.717, 1.165) is 11.8 Å². The lowest BCUT2D eigenvalue weighted by molar-refractivity contribution is 0.417. The summed E-state index contributed by atoms with van der Waals surface area (Å²) in [6.07, 6.45) is 20.4. The Labute approximate surface area is 230 Å². The van der Waals surface area contributed by atoms with E-state index in [4.69, 9.17) is 0 Å². The lowest BCUT2D eigenvalue weighted by Crippen LogP contribution is -1.99. The van der Waals surface area contributed by atoms with Gasteiger partial charge < -0.3 is 0 Å². The van der Waals surface area contributed by atoms with Crippen molar-refractivity contribution in [1.29, 1.82) is 0 Å². The molecule has 0 aromatic carbocycles. The number of hydrogen-bond donors (Lipinski definition) is 0. The van der Waals surface area contributed by atoms with Crippen LogP contribution in [0.25, 0.3) is 0 Å².